The van der Waals surface area contributed by atoms with E-state index in [4.69, 9.17) is 4.42 Å². The number of carbonyl (C=O) groups excluding carboxylic acids is 2. The Morgan fingerprint density at radius 1 is 1.46 bits per heavy atom. The molecule has 0 radical (unpaired) electrons. The first-order valence-electron chi connectivity index (χ1n) is 3.54. The summed E-state index contributed by atoms with van der Waals surface area (Å²) in [5.41, 5.74) is 0. The molecule has 2 amide bonds. The molecule has 2 heterocycles. The molecule has 0 aliphatic carbocycles. The van der Waals surface area contributed by atoms with Crippen LogP contribution in [0.2, 0.25) is 0 Å². The third-order valence-electron chi connectivity index (χ3n) is 1.46. The summed E-state index contributed by atoms with van der Waals surface area (Å²) in [5, 5.41) is 2.22. The van der Waals surface area contributed by atoms with Crippen LogP contribution in [0.15, 0.2) is 27.3 Å². The van der Waals surface area contributed by atoms with Gasteiger partial charge in [-0.3, -0.25) is 0 Å². The maximum absolute atomic E-state index is 11.1. The number of imide groups is 1. The van der Waals surface area contributed by atoms with E-state index in [1.165, 1.54) is 6.26 Å². The van der Waals surface area contributed by atoms with Crippen molar-refractivity contribution in [1.82, 2.24) is 5.32 Å². The first-order valence-corrected chi connectivity index (χ1v) is 5.25. The van der Waals surface area contributed by atoms with E-state index < -0.39 is 15.0 Å². The van der Waals surface area contributed by atoms with Crippen LogP contribution in [0.4, 0.5) is 4.79 Å². The fraction of sp³-hybridized carbons (Fsp3) is 0. The SMILES string of the molecule is O=C1NC(=O)C(=Cc2ccco2)[Se]1. The van der Waals surface area contributed by atoms with Crippen LogP contribution in [0.3, 0.4) is 0 Å². The summed E-state index contributed by atoms with van der Waals surface area (Å²) in [6.45, 7) is 0. The van der Waals surface area contributed by atoms with Crippen LogP contribution in [0.1, 0.15) is 5.76 Å². The molecule has 1 fully saturated rings. The van der Waals surface area contributed by atoms with E-state index in [0.717, 1.165) is 0 Å². The molecular weight excluding hydrogens is 237 g/mol. The summed E-state index contributed by atoms with van der Waals surface area (Å²) in [5.74, 6) is 0.295. The Hall–Kier alpha value is -1.32. The summed E-state index contributed by atoms with van der Waals surface area (Å²) >= 11 is -0.413. The fourth-order valence-electron chi connectivity index (χ4n) is 0.924. The topological polar surface area (TPSA) is 59.3 Å². The van der Waals surface area contributed by atoms with Crippen molar-refractivity contribution in [2.75, 3.05) is 0 Å². The number of carbonyl (C=O) groups is 2. The first-order chi connectivity index (χ1) is 6.25. The summed E-state index contributed by atoms with van der Waals surface area (Å²) in [4.78, 5) is 21.7. The summed E-state index contributed by atoms with van der Waals surface area (Å²) < 4.78 is 5.53. The van der Waals surface area contributed by atoms with E-state index in [9.17, 15) is 9.59 Å². The number of hydrogen-bond donors (Lipinski definition) is 1. The Morgan fingerprint density at radius 3 is 2.85 bits per heavy atom. The zero-order valence-electron chi connectivity index (χ0n) is 6.44. The van der Waals surface area contributed by atoms with Crippen LogP contribution < -0.4 is 5.32 Å². The molecule has 1 aromatic rings. The Bertz CT molecular complexity index is 380. The minimum absolute atomic E-state index is 0.199. The van der Waals surface area contributed by atoms with E-state index in [0.29, 0.717) is 10.2 Å². The van der Waals surface area contributed by atoms with Crippen molar-refractivity contribution in [3.05, 3.63) is 28.6 Å². The predicted molar refractivity (Wildman–Crippen MR) is 46.0 cm³/mol. The Balaban J connectivity index is 2.27. The summed E-state index contributed by atoms with van der Waals surface area (Å²) in [6.07, 6.45) is 3.12. The van der Waals surface area contributed by atoms with Gasteiger partial charge in [0.1, 0.15) is 0 Å². The average molecular weight is 242 g/mol. The standard InChI is InChI=1S/C8H5NO3Se/c10-7-6(13-8(11)9-7)4-5-2-1-3-12-5/h1-4H,(H,9,10,11). The van der Waals surface area contributed by atoms with E-state index in [2.05, 4.69) is 5.32 Å². The van der Waals surface area contributed by atoms with Gasteiger partial charge in [0.05, 0.1) is 0 Å². The third-order valence-corrected chi connectivity index (χ3v) is 3.16. The van der Waals surface area contributed by atoms with Gasteiger partial charge < -0.3 is 0 Å². The second kappa shape index (κ2) is 3.20. The van der Waals surface area contributed by atoms with Crippen LogP contribution >= 0.6 is 0 Å². The molecule has 66 valence electrons. The Morgan fingerprint density at radius 2 is 2.31 bits per heavy atom. The molecule has 1 saturated heterocycles. The van der Waals surface area contributed by atoms with E-state index >= 15 is 0 Å². The number of rotatable bonds is 1. The van der Waals surface area contributed by atoms with Crippen molar-refractivity contribution < 1.29 is 14.0 Å². The van der Waals surface area contributed by atoms with Gasteiger partial charge in [0, 0.05) is 0 Å². The Kier molecular flexibility index (Phi) is 2.04. The van der Waals surface area contributed by atoms with Crippen LogP contribution in [0, 0.1) is 0 Å². The molecule has 1 aromatic heterocycles. The van der Waals surface area contributed by atoms with Gasteiger partial charge in [-0.15, -0.1) is 0 Å². The molecule has 0 atom stereocenters. The maximum atomic E-state index is 11.1. The molecule has 4 nitrogen and oxygen atoms in total. The van der Waals surface area contributed by atoms with Gasteiger partial charge in [-0.05, 0) is 0 Å². The third kappa shape index (κ3) is 1.71. The average Bonchev–Trinajstić information content (AvgIpc) is 2.63. The van der Waals surface area contributed by atoms with Gasteiger partial charge in [-0.2, -0.15) is 0 Å². The molecule has 0 unspecified atom stereocenters. The monoisotopic (exact) mass is 243 g/mol. The van der Waals surface area contributed by atoms with Crippen LogP contribution in [0.25, 0.3) is 6.08 Å². The predicted octanol–water partition coefficient (Wildman–Crippen LogP) is 0.575. The van der Waals surface area contributed by atoms with Crippen molar-refractivity contribution in [3.63, 3.8) is 0 Å². The number of hydrogen-bond acceptors (Lipinski definition) is 3. The quantitative estimate of drug-likeness (QED) is 0.578. The summed E-state index contributed by atoms with van der Waals surface area (Å²) in [6, 6.07) is 3.47. The number of nitrogens with one attached hydrogen (secondary N) is 1. The van der Waals surface area contributed by atoms with Crippen molar-refractivity contribution in [2.45, 2.75) is 0 Å². The van der Waals surface area contributed by atoms with Crippen LogP contribution in [-0.2, 0) is 4.79 Å². The van der Waals surface area contributed by atoms with Crippen LogP contribution in [0.5, 0.6) is 0 Å². The second-order valence-electron chi connectivity index (χ2n) is 2.37. The molecule has 0 saturated carbocycles. The first kappa shape index (κ1) is 8.29. The molecular formula is C8H5NO3Se. The van der Waals surface area contributed by atoms with E-state index in [1.807, 2.05) is 0 Å². The van der Waals surface area contributed by atoms with Crippen molar-refractivity contribution in [3.8, 4) is 0 Å². The Labute approximate surface area is 80.1 Å². The van der Waals surface area contributed by atoms with Crippen molar-refractivity contribution in [1.29, 1.82) is 0 Å². The molecule has 5 heteroatoms. The molecule has 0 aromatic carbocycles. The molecule has 1 aliphatic rings. The molecule has 1 N–H and O–H groups in total. The van der Waals surface area contributed by atoms with Gasteiger partial charge in [0.25, 0.3) is 0 Å². The number of furan rings is 1. The van der Waals surface area contributed by atoms with Crippen LogP contribution in [-0.4, -0.2) is 25.7 Å². The van der Waals surface area contributed by atoms with Crippen molar-refractivity contribution >= 4 is 31.7 Å². The van der Waals surface area contributed by atoms with Gasteiger partial charge in [-0.25, -0.2) is 0 Å². The van der Waals surface area contributed by atoms with Gasteiger partial charge in [0.2, 0.25) is 0 Å². The summed E-state index contributed by atoms with van der Waals surface area (Å²) in [7, 11) is 0. The minimum atomic E-state index is -0.413. The normalized spacial score (nSPS) is 19.5. The number of amides is 2. The van der Waals surface area contributed by atoms with Gasteiger partial charge in [-0.1, -0.05) is 0 Å². The van der Waals surface area contributed by atoms with Gasteiger partial charge in [0.15, 0.2) is 0 Å². The van der Waals surface area contributed by atoms with Crippen molar-refractivity contribution in [2.24, 2.45) is 0 Å². The molecule has 2 rings (SSSR count). The van der Waals surface area contributed by atoms with Gasteiger partial charge >= 0.3 is 79.7 Å². The molecule has 1 aliphatic heterocycles. The second-order valence-corrected chi connectivity index (χ2v) is 4.50. The zero-order chi connectivity index (χ0) is 9.26. The molecule has 13 heavy (non-hydrogen) atoms. The molecule has 0 spiro atoms. The fourth-order valence-corrected chi connectivity index (χ4v) is 2.31. The molecule has 0 bridgehead atoms. The van der Waals surface area contributed by atoms with E-state index in [1.54, 1.807) is 18.2 Å². The zero-order valence-corrected chi connectivity index (χ0v) is 8.16. The van der Waals surface area contributed by atoms with E-state index in [-0.39, 0.29) is 10.7 Å².